The number of sulfonamides is 2. The third-order valence-corrected chi connectivity index (χ3v) is 14.6. The number of thiophene rings is 2. The van der Waals surface area contributed by atoms with E-state index in [1.807, 2.05) is 30.3 Å². The van der Waals surface area contributed by atoms with Gasteiger partial charge in [-0.3, -0.25) is 13.4 Å². The maximum atomic E-state index is 13.7. The van der Waals surface area contributed by atoms with Crippen molar-refractivity contribution in [2.45, 2.75) is 53.3 Å². The van der Waals surface area contributed by atoms with Crippen LogP contribution in [0.3, 0.4) is 0 Å². The van der Waals surface area contributed by atoms with E-state index in [1.165, 1.54) is 59.9 Å². The quantitative estimate of drug-likeness (QED) is 0.0972. The SMILES string of the molecule is CCS(=O)(=O)N(Cc1ccc(F)c(F)c1)c1sc2ccccc2c1C(C)(C)O.CCS(=O)(=O)N(Cc1ccc(F)c(F)c1)c1sc2ccccc2c1C(C)=O. The highest BCUT2D eigenvalue weighted by Crippen LogP contribution is 2.45. The fourth-order valence-electron chi connectivity index (χ4n) is 5.86. The van der Waals surface area contributed by atoms with Crippen LogP contribution < -0.4 is 8.61 Å². The van der Waals surface area contributed by atoms with E-state index in [2.05, 4.69) is 0 Å². The number of hydrogen-bond acceptors (Lipinski definition) is 8. The van der Waals surface area contributed by atoms with Crippen LogP contribution in [0.25, 0.3) is 20.2 Å². The number of aliphatic hydroxyl groups is 1. The number of fused-ring (bicyclic) bond motifs is 2. The summed E-state index contributed by atoms with van der Waals surface area (Å²) < 4.78 is 109. The van der Waals surface area contributed by atoms with Crippen molar-refractivity contribution in [1.82, 2.24) is 0 Å². The average Bonchev–Trinajstić information content (AvgIpc) is 3.72. The van der Waals surface area contributed by atoms with Crippen molar-refractivity contribution in [2.75, 3.05) is 20.1 Å². The Morgan fingerprint density at radius 3 is 1.51 bits per heavy atom. The lowest BCUT2D eigenvalue weighted by Gasteiger charge is -2.27. The Morgan fingerprint density at radius 1 is 0.655 bits per heavy atom. The van der Waals surface area contributed by atoms with Gasteiger partial charge in [-0.1, -0.05) is 48.5 Å². The zero-order chi connectivity index (χ0) is 40.5. The van der Waals surface area contributed by atoms with Gasteiger partial charge >= 0.3 is 0 Å². The van der Waals surface area contributed by atoms with Crippen molar-refractivity contribution in [3.05, 3.63) is 130 Å². The first-order valence-electron chi connectivity index (χ1n) is 16.9. The molecule has 0 atom stereocenters. The van der Waals surface area contributed by atoms with Gasteiger partial charge in [0.05, 0.1) is 35.8 Å². The van der Waals surface area contributed by atoms with E-state index in [-0.39, 0.29) is 40.9 Å². The fraction of sp³-hybridized carbons (Fsp3) is 0.256. The van der Waals surface area contributed by atoms with Gasteiger partial charge in [0, 0.05) is 25.7 Å². The first-order chi connectivity index (χ1) is 25.8. The number of nitrogens with zero attached hydrogens (tertiary/aromatic N) is 2. The van der Waals surface area contributed by atoms with Gasteiger partial charge in [0.25, 0.3) is 0 Å². The number of rotatable bonds is 12. The zero-order valence-corrected chi connectivity index (χ0v) is 33.7. The van der Waals surface area contributed by atoms with E-state index >= 15 is 0 Å². The molecule has 0 bridgehead atoms. The molecule has 16 heteroatoms. The fourth-order valence-corrected chi connectivity index (χ4v) is 11.2. The second-order valence-electron chi connectivity index (χ2n) is 13.0. The second kappa shape index (κ2) is 16.4. The van der Waals surface area contributed by atoms with Crippen LogP contribution in [0.4, 0.5) is 27.6 Å². The number of hydrogen-bond donors (Lipinski definition) is 1. The molecular weight excluding hydrogens is 797 g/mol. The smallest absolute Gasteiger partial charge is 0.235 e. The maximum absolute atomic E-state index is 13.7. The van der Waals surface area contributed by atoms with Crippen LogP contribution in [0.15, 0.2) is 84.9 Å². The number of halogens is 4. The molecule has 0 aliphatic heterocycles. The Labute approximate surface area is 325 Å². The third kappa shape index (κ3) is 9.04. The molecule has 0 saturated carbocycles. The Bertz CT molecular complexity index is 2600. The molecule has 2 aromatic heterocycles. The minimum atomic E-state index is -3.76. The molecule has 0 aliphatic rings. The highest BCUT2D eigenvalue weighted by atomic mass is 32.2. The number of carbonyl (C=O) groups excluding carboxylic acids is 1. The largest absolute Gasteiger partial charge is 0.386 e. The van der Waals surface area contributed by atoms with Gasteiger partial charge in [-0.25, -0.2) is 34.4 Å². The van der Waals surface area contributed by atoms with Crippen LogP contribution in [0.2, 0.25) is 0 Å². The molecule has 0 fully saturated rings. The maximum Gasteiger partial charge on any atom is 0.235 e. The lowest BCUT2D eigenvalue weighted by Crippen LogP contribution is -2.33. The van der Waals surface area contributed by atoms with Crippen LogP contribution >= 0.6 is 22.7 Å². The Morgan fingerprint density at radius 2 is 1.07 bits per heavy atom. The molecule has 0 saturated heterocycles. The van der Waals surface area contributed by atoms with Gasteiger partial charge < -0.3 is 5.11 Å². The summed E-state index contributed by atoms with van der Waals surface area (Å²) in [6.45, 7) is 7.23. The summed E-state index contributed by atoms with van der Waals surface area (Å²) in [5.41, 5.74) is 0.112. The van der Waals surface area contributed by atoms with Crippen molar-refractivity contribution >= 4 is 78.7 Å². The van der Waals surface area contributed by atoms with Crippen molar-refractivity contribution in [3.63, 3.8) is 0 Å². The minimum Gasteiger partial charge on any atom is -0.386 e. The molecule has 8 nitrogen and oxygen atoms in total. The Balaban J connectivity index is 0.000000211. The summed E-state index contributed by atoms with van der Waals surface area (Å²) in [6, 6.07) is 21.1. The van der Waals surface area contributed by atoms with Gasteiger partial charge in [0.15, 0.2) is 29.1 Å². The average molecular weight is 835 g/mol. The predicted molar refractivity (Wildman–Crippen MR) is 213 cm³/mol. The lowest BCUT2D eigenvalue weighted by molar-refractivity contribution is 0.0810. The molecule has 0 amide bonds. The van der Waals surface area contributed by atoms with E-state index < -0.39 is 48.9 Å². The molecule has 6 aromatic rings. The molecule has 292 valence electrons. The standard InChI is InChI=1S/C20H21F2NO3S2.C19H17F2NO3S2/c1-4-28(25,26)23(12-13-9-10-15(21)16(22)11-13)19-18(20(2,3)24)14-7-5-6-8-17(14)27-19;1-3-27(24,25)22(11-13-8-9-15(20)16(21)10-13)19-18(12(2)23)14-6-4-5-7-17(14)26-19/h5-11,24H,4,12H2,1-3H3;4-10H,3,11H2,1-2H3. The van der Waals surface area contributed by atoms with Crippen molar-refractivity contribution in [2.24, 2.45) is 0 Å². The summed E-state index contributed by atoms with van der Waals surface area (Å²) in [4.78, 5) is 12.3. The molecule has 0 radical (unpaired) electrons. The van der Waals surface area contributed by atoms with Gasteiger partial charge in [-0.2, -0.15) is 0 Å². The Kier molecular flexibility index (Phi) is 12.5. The van der Waals surface area contributed by atoms with Crippen LogP contribution in [-0.4, -0.2) is 39.2 Å². The third-order valence-electron chi connectivity index (χ3n) is 8.59. The van der Waals surface area contributed by atoms with E-state index in [1.54, 1.807) is 32.0 Å². The number of carbonyl (C=O) groups is 1. The number of ketones is 1. The molecule has 2 heterocycles. The summed E-state index contributed by atoms with van der Waals surface area (Å²) in [7, 11) is -7.51. The summed E-state index contributed by atoms with van der Waals surface area (Å²) >= 11 is 2.43. The number of benzene rings is 4. The van der Waals surface area contributed by atoms with Crippen molar-refractivity contribution in [1.29, 1.82) is 0 Å². The van der Waals surface area contributed by atoms with Crippen LogP contribution in [0, 0.1) is 23.3 Å². The molecule has 0 spiro atoms. The van der Waals surface area contributed by atoms with E-state index in [0.29, 0.717) is 27.1 Å². The number of Topliss-reactive ketones (excluding diaryl/α,β-unsaturated/α-hetero) is 1. The van der Waals surface area contributed by atoms with Gasteiger partial charge in [-0.05, 0) is 82.1 Å². The summed E-state index contributed by atoms with van der Waals surface area (Å²) in [6.07, 6.45) is 0. The zero-order valence-electron chi connectivity index (χ0n) is 30.4. The predicted octanol–water partition coefficient (Wildman–Crippen LogP) is 9.50. The Hall–Kier alpha value is -4.35. The molecule has 4 aromatic carbocycles. The molecule has 0 aliphatic carbocycles. The van der Waals surface area contributed by atoms with Crippen molar-refractivity contribution < 1.29 is 44.3 Å². The highest BCUT2D eigenvalue weighted by Gasteiger charge is 2.33. The first kappa shape index (κ1) is 41.8. The second-order valence-corrected chi connectivity index (χ2v) is 19.4. The molecular formula is C39H38F4N2O6S4. The van der Waals surface area contributed by atoms with E-state index in [0.717, 1.165) is 43.4 Å². The minimum absolute atomic E-state index is 0.163. The lowest BCUT2D eigenvalue weighted by atomic mass is 9.97. The van der Waals surface area contributed by atoms with Crippen LogP contribution in [0.5, 0.6) is 0 Å². The molecule has 6 rings (SSSR count). The molecule has 1 N–H and O–H groups in total. The highest BCUT2D eigenvalue weighted by molar-refractivity contribution is 7.93. The van der Waals surface area contributed by atoms with E-state index in [9.17, 15) is 44.3 Å². The molecule has 55 heavy (non-hydrogen) atoms. The summed E-state index contributed by atoms with van der Waals surface area (Å²) in [5.74, 6) is -4.71. The van der Waals surface area contributed by atoms with E-state index in [4.69, 9.17) is 0 Å². The normalized spacial score (nSPS) is 12.1. The monoisotopic (exact) mass is 834 g/mol. The topological polar surface area (TPSA) is 112 Å². The van der Waals surface area contributed by atoms with Crippen molar-refractivity contribution in [3.8, 4) is 0 Å². The number of anilines is 2. The van der Waals surface area contributed by atoms with Crippen LogP contribution in [-0.2, 0) is 38.7 Å². The van der Waals surface area contributed by atoms with Gasteiger partial charge in [0.1, 0.15) is 10.0 Å². The molecule has 0 unspecified atom stereocenters. The van der Waals surface area contributed by atoms with Gasteiger partial charge in [0.2, 0.25) is 20.0 Å². The van der Waals surface area contributed by atoms with Crippen LogP contribution in [0.1, 0.15) is 61.7 Å². The first-order valence-corrected chi connectivity index (χ1v) is 21.8. The van der Waals surface area contributed by atoms with Gasteiger partial charge in [-0.15, -0.1) is 22.7 Å². The summed E-state index contributed by atoms with van der Waals surface area (Å²) in [5, 5.41) is 12.9.